The first kappa shape index (κ1) is 20.2. The molecule has 8 nitrogen and oxygen atoms in total. The van der Waals surface area contributed by atoms with Crippen molar-refractivity contribution in [3.63, 3.8) is 0 Å². The topological polar surface area (TPSA) is 107 Å². The number of thiol groups is 3. The minimum atomic E-state index is -1.15. The molecule has 1 aliphatic rings. The van der Waals surface area contributed by atoms with Gasteiger partial charge in [0.25, 0.3) is 0 Å². The lowest BCUT2D eigenvalue weighted by atomic mass is 10.7. The quantitative estimate of drug-likeness (QED) is 0.271. The molecule has 2 aromatic rings. The number of thiazole rings is 1. The van der Waals surface area contributed by atoms with Gasteiger partial charge in [-0.05, 0) is 11.3 Å². The van der Waals surface area contributed by atoms with E-state index in [2.05, 4.69) is 63.3 Å². The monoisotopic (exact) mass is 460 g/mol. The zero-order valence-electron chi connectivity index (χ0n) is 11.7. The third kappa shape index (κ3) is 4.34. The van der Waals surface area contributed by atoms with Gasteiger partial charge in [0.05, 0.1) is 4.92 Å². The highest BCUT2D eigenvalue weighted by molar-refractivity contribution is 8.18. The van der Waals surface area contributed by atoms with Crippen molar-refractivity contribution < 1.29 is 4.92 Å². The third-order valence-electron chi connectivity index (χ3n) is 2.25. The van der Waals surface area contributed by atoms with E-state index in [9.17, 15) is 10.1 Å². The minimum Gasteiger partial charge on any atom is -0.257 e. The van der Waals surface area contributed by atoms with Gasteiger partial charge in [-0.2, -0.15) is 10.2 Å². The molecule has 0 N–H and O–H groups in total. The van der Waals surface area contributed by atoms with E-state index in [0.717, 1.165) is 29.0 Å². The van der Waals surface area contributed by atoms with Crippen LogP contribution in [0.3, 0.4) is 0 Å². The molecule has 3 heterocycles. The zero-order chi connectivity index (χ0) is 18.0. The standard InChI is InChI=1S/C7H4N6O2S6.C2H5Cl/c14-13(15)2-1-8-3(19-2)6(17)11-12-7(18,21-6)4-9-10-5(16)20-4;1-2-3/h1,17-18H,(H,10,16);2H2,1H3. The highest BCUT2D eigenvalue weighted by atomic mass is 35.5. The lowest BCUT2D eigenvalue weighted by molar-refractivity contribution is -0.380. The maximum absolute atomic E-state index is 10.7. The Morgan fingerprint density at radius 2 is 1.83 bits per heavy atom. The molecule has 2 aromatic heterocycles. The summed E-state index contributed by atoms with van der Waals surface area (Å²) in [5.41, 5.74) is 0. The van der Waals surface area contributed by atoms with Gasteiger partial charge >= 0.3 is 5.00 Å². The molecule has 0 bridgehead atoms. The van der Waals surface area contributed by atoms with Crippen LogP contribution in [0.15, 0.2) is 20.8 Å². The lowest BCUT2D eigenvalue weighted by Crippen LogP contribution is -2.14. The van der Waals surface area contributed by atoms with Crippen molar-refractivity contribution in [2.24, 2.45) is 10.2 Å². The molecule has 0 saturated carbocycles. The second kappa shape index (κ2) is 8.05. The van der Waals surface area contributed by atoms with Crippen LogP contribution in [0, 0.1) is 10.1 Å². The van der Waals surface area contributed by atoms with Gasteiger partial charge in [-0.15, -0.1) is 59.7 Å². The number of aromatic nitrogens is 3. The van der Waals surface area contributed by atoms with Gasteiger partial charge in [0.15, 0.2) is 9.35 Å². The molecule has 130 valence electrons. The van der Waals surface area contributed by atoms with E-state index < -0.39 is 13.3 Å². The summed E-state index contributed by atoms with van der Waals surface area (Å²) >= 11 is 21.3. The van der Waals surface area contributed by atoms with Crippen molar-refractivity contribution in [3.05, 3.63) is 26.3 Å². The lowest BCUT2D eigenvalue weighted by Gasteiger charge is -2.19. The zero-order valence-corrected chi connectivity index (χ0v) is 17.6. The van der Waals surface area contributed by atoms with Gasteiger partial charge in [0, 0.05) is 5.88 Å². The van der Waals surface area contributed by atoms with Crippen LogP contribution in [0.25, 0.3) is 0 Å². The van der Waals surface area contributed by atoms with Crippen molar-refractivity contribution in [2.75, 3.05) is 5.88 Å². The van der Waals surface area contributed by atoms with Crippen LogP contribution in [0.2, 0.25) is 0 Å². The van der Waals surface area contributed by atoms with Crippen molar-refractivity contribution in [1.29, 1.82) is 0 Å². The molecule has 3 rings (SSSR count). The van der Waals surface area contributed by atoms with Crippen molar-refractivity contribution >= 4 is 88.9 Å². The fourth-order valence-corrected chi connectivity index (χ4v) is 5.67. The van der Waals surface area contributed by atoms with Crippen molar-refractivity contribution in [3.8, 4) is 0 Å². The summed E-state index contributed by atoms with van der Waals surface area (Å²) in [5.74, 6) is 0.722. The SMILES string of the molecule is CCCl.O=[N+]([O-])c1cnc(C2(S)N=NC(S)(c3nnc(S)s3)S2)s1. The van der Waals surface area contributed by atoms with Gasteiger partial charge in [0.2, 0.25) is 8.41 Å². The number of halogens is 1. The van der Waals surface area contributed by atoms with Crippen LogP contribution >= 0.6 is 83.9 Å². The normalized spacial score (nSPS) is 25.4. The van der Waals surface area contributed by atoms with Gasteiger partial charge in [0.1, 0.15) is 11.2 Å². The molecule has 24 heavy (non-hydrogen) atoms. The largest absolute Gasteiger partial charge is 0.344 e. The number of nitro groups is 1. The molecule has 0 spiro atoms. The smallest absolute Gasteiger partial charge is 0.257 e. The number of rotatable bonds is 3. The molecule has 2 unspecified atom stereocenters. The van der Waals surface area contributed by atoms with Gasteiger partial charge < -0.3 is 0 Å². The number of hydrogen-bond acceptors (Lipinski definition) is 13. The van der Waals surface area contributed by atoms with E-state index in [1.807, 2.05) is 6.92 Å². The van der Waals surface area contributed by atoms with Gasteiger partial charge in [-0.3, -0.25) is 10.1 Å². The number of azo groups is 1. The summed E-state index contributed by atoms with van der Waals surface area (Å²) in [6.45, 7) is 1.89. The summed E-state index contributed by atoms with van der Waals surface area (Å²) in [4.78, 5) is 14.2. The van der Waals surface area contributed by atoms with Gasteiger partial charge in [-0.1, -0.05) is 30.0 Å². The van der Waals surface area contributed by atoms with Crippen LogP contribution in [0.5, 0.6) is 0 Å². The summed E-state index contributed by atoms with van der Waals surface area (Å²) in [6, 6.07) is 0. The average Bonchev–Trinajstić information content (AvgIpc) is 3.20. The van der Waals surface area contributed by atoms with Crippen molar-refractivity contribution in [1.82, 2.24) is 15.2 Å². The average molecular weight is 461 g/mol. The Hall–Kier alpha value is -0.120. The molecule has 0 radical (unpaired) electrons. The Bertz CT molecular complexity index is 769. The molecule has 0 aliphatic carbocycles. The van der Waals surface area contributed by atoms with E-state index in [-0.39, 0.29) is 5.00 Å². The second-order valence-electron chi connectivity index (χ2n) is 3.94. The summed E-state index contributed by atoms with van der Waals surface area (Å²) in [6.07, 6.45) is 1.17. The van der Waals surface area contributed by atoms with Crippen LogP contribution < -0.4 is 0 Å². The molecule has 15 heteroatoms. The summed E-state index contributed by atoms with van der Waals surface area (Å²) in [5, 5.41) is 27.4. The summed E-state index contributed by atoms with van der Waals surface area (Å²) < 4.78 is -1.74. The fraction of sp³-hybridized carbons (Fsp3) is 0.444. The van der Waals surface area contributed by atoms with E-state index in [1.54, 1.807) is 0 Å². The molecule has 1 aliphatic heterocycles. The van der Waals surface area contributed by atoms with E-state index in [0.29, 0.717) is 14.4 Å². The number of hydrogen-bond donors (Lipinski definition) is 3. The maximum atomic E-state index is 10.7. The Labute approximate surface area is 170 Å². The van der Waals surface area contributed by atoms with Crippen molar-refractivity contribution in [2.45, 2.75) is 19.7 Å². The number of alkyl halides is 1. The van der Waals surface area contributed by atoms with Crippen LogP contribution in [0.1, 0.15) is 16.9 Å². The number of thioether (sulfide) groups is 1. The van der Waals surface area contributed by atoms with Gasteiger partial charge in [-0.25, -0.2) is 4.98 Å². The summed E-state index contributed by atoms with van der Waals surface area (Å²) in [7, 11) is 0. The Kier molecular flexibility index (Phi) is 6.78. The highest BCUT2D eigenvalue weighted by Crippen LogP contribution is 2.61. The first-order valence-electron chi connectivity index (χ1n) is 6.02. The Morgan fingerprint density at radius 1 is 1.25 bits per heavy atom. The Morgan fingerprint density at radius 3 is 2.29 bits per heavy atom. The second-order valence-corrected chi connectivity index (χ2v) is 10.5. The molecule has 0 aromatic carbocycles. The maximum Gasteiger partial charge on any atom is 0.344 e. The molecule has 0 saturated heterocycles. The fourth-order valence-electron chi connectivity index (χ4n) is 1.40. The van der Waals surface area contributed by atoms with E-state index >= 15 is 0 Å². The predicted octanol–water partition coefficient (Wildman–Crippen LogP) is 4.42. The van der Waals surface area contributed by atoms with Crippen LogP contribution in [-0.2, 0) is 8.41 Å². The first-order valence-corrected chi connectivity index (χ1v) is 10.3. The minimum absolute atomic E-state index is 0.0838. The molecular formula is C9H9ClN6O2S6. The molecule has 0 amide bonds. The highest BCUT2D eigenvalue weighted by Gasteiger charge is 2.50. The van der Waals surface area contributed by atoms with Crippen LogP contribution in [-0.4, -0.2) is 26.0 Å². The van der Waals surface area contributed by atoms with E-state index in [1.165, 1.54) is 17.5 Å². The van der Waals surface area contributed by atoms with E-state index in [4.69, 9.17) is 11.6 Å². The van der Waals surface area contributed by atoms with Crippen LogP contribution in [0.4, 0.5) is 5.00 Å². The molecule has 2 atom stereocenters. The first-order chi connectivity index (χ1) is 11.2. The molecule has 0 fully saturated rings. The number of nitrogens with zero attached hydrogens (tertiary/aromatic N) is 6. The predicted molar refractivity (Wildman–Crippen MR) is 106 cm³/mol. The third-order valence-corrected chi connectivity index (χ3v) is 7.34. The Balaban J connectivity index is 0.000000647. The molecular weight excluding hydrogens is 452 g/mol.